The van der Waals surface area contributed by atoms with Crippen LogP contribution in [0.15, 0.2) is 53.5 Å². The Hall–Kier alpha value is -2.41. The van der Waals surface area contributed by atoms with Crippen molar-refractivity contribution in [2.24, 2.45) is 4.99 Å². The molecule has 0 saturated carbocycles. The van der Waals surface area contributed by atoms with Crippen molar-refractivity contribution in [2.45, 2.75) is 12.2 Å². The zero-order valence-electron chi connectivity index (χ0n) is 12.9. The molecule has 2 amide bonds. The van der Waals surface area contributed by atoms with Gasteiger partial charge in [0, 0.05) is 17.0 Å². The lowest BCUT2D eigenvalue weighted by Gasteiger charge is -2.23. The lowest BCUT2D eigenvalue weighted by Crippen LogP contribution is -2.39. The number of halogens is 2. The number of para-hydroxylation sites is 1. The van der Waals surface area contributed by atoms with Gasteiger partial charge in [-0.25, -0.2) is 18.5 Å². The predicted molar refractivity (Wildman–Crippen MR) is 93.7 cm³/mol. The number of hydrogen-bond donors (Lipinski definition) is 1. The van der Waals surface area contributed by atoms with Crippen LogP contribution in [0.3, 0.4) is 0 Å². The number of anilines is 2. The van der Waals surface area contributed by atoms with Crippen LogP contribution < -0.4 is 10.2 Å². The van der Waals surface area contributed by atoms with Crippen LogP contribution in [-0.2, 0) is 0 Å². The first kappa shape index (κ1) is 16.4. The van der Waals surface area contributed by atoms with Crippen molar-refractivity contribution in [1.82, 2.24) is 0 Å². The van der Waals surface area contributed by atoms with Gasteiger partial charge in [-0.3, -0.25) is 4.99 Å². The number of amides is 2. The van der Waals surface area contributed by atoms with Crippen LogP contribution in [0.4, 0.5) is 25.0 Å². The van der Waals surface area contributed by atoms with E-state index < -0.39 is 17.7 Å². The van der Waals surface area contributed by atoms with E-state index in [4.69, 9.17) is 0 Å². The highest BCUT2D eigenvalue weighted by atomic mass is 32.2. The Morgan fingerprint density at radius 2 is 2.00 bits per heavy atom. The van der Waals surface area contributed by atoms with Crippen molar-refractivity contribution < 1.29 is 13.6 Å². The molecule has 1 aliphatic heterocycles. The Morgan fingerprint density at radius 3 is 2.62 bits per heavy atom. The summed E-state index contributed by atoms with van der Waals surface area (Å²) in [5, 5.41) is 3.29. The van der Waals surface area contributed by atoms with Gasteiger partial charge in [0.1, 0.15) is 11.6 Å². The average Bonchev–Trinajstić information content (AvgIpc) is 2.97. The van der Waals surface area contributed by atoms with Crippen LogP contribution in [0, 0.1) is 11.6 Å². The smallest absolute Gasteiger partial charge is 0.307 e. The van der Waals surface area contributed by atoms with E-state index >= 15 is 0 Å². The largest absolute Gasteiger partial charge is 0.332 e. The van der Waals surface area contributed by atoms with Crippen LogP contribution in [-0.4, -0.2) is 23.0 Å². The Morgan fingerprint density at radius 1 is 1.25 bits per heavy atom. The number of urea groups is 1. The highest BCUT2D eigenvalue weighted by Gasteiger charge is 2.29. The lowest BCUT2D eigenvalue weighted by molar-refractivity contribution is 0.259. The van der Waals surface area contributed by atoms with Crippen molar-refractivity contribution in [3.63, 3.8) is 0 Å². The monoisotopic (exact) mass is 347 g/mol. The van der Waals surface area contributed by atoms with E-state index in [1.165, 1.54) is 17.8 Å². The van der Waals surface area contributed by atoms with E-state index in [2.05, 4.69) is 10.3 Å². The number of benzene rings is 2. The molecule has 1 aliphatic rings. The standard InChI is InChI=1S/C17H15F2N3OS/c1-11-10-20-17(24-11)22(15-8-7-12(18)9-14(15)19)16(23)21-13-5-3-2-4-6-13/h2-9,11H,10H2,1H3,(H,21,23)/t11-/m0/s1. The fraction of sp³-hybridized carbons (Fsp3) is 0.176. The molecule has 0 bridgehead atoms. The molecule has 2 aromatic carbocycles. The molecule has 3 rings (SSSR count). The number of carbonyl (C=O) groups excluding carboxylic acids is 1. The first-order valence-electron chi connectivity index (χ1n) is 7.37. The van der Waals surface area contributed by atoms with E-state index in [0.717, 1.165) is 17.0 Å². The van der Waals surface area contributed by atoms with Crippen molar-refractivity contribution in [3.05, 3.63) is 60.2 Å². The zero-order chi connectivity index (χ0) is 17.1. The summed E-state index contributed by atoms with van der Waals surface area (Å²) in [7, 11) is 0. The highest BCUT2D eigenvalue weighted by Crippen LogP contribution is 2.30. The summed E-state index contributed by atoms with van der Waals surface area (Å²) in [6.07, 6.45) is 0. The zero-order valence-corrected chi connectivity index (χ0v) is 13.7. The number of nitrogens with one attached hydrogen (secondary N) is 1. The second-order valence-electron chi connectivity index (χ2n) is 5.28. The van der Waals surface area contributed by atoms with Crippen LogP contribution in [0.25, 0.3) is 0 Å². The number of nitrogens with zero attached hydrogens (tertiary/aromatic N) is 2. The third-order valence-corrected chi connectivity index (χ3v) is 4.43. The molecular weight excluding hydrogens is 332 g/mol. The fourth-order valence-electron chi connectivity index (χ4n) is 2.25. The Kier molecular flexibility index (Phi) is 4.80. The topological polar surface area (TPSA) is 44.7 Å². The van der Waals surface area contributed by atoms with E-state index in [0.29, 0.717) is 17.4 Å². The summed E-state index contributed by atoms with van der Waals surface area (Å²) in [4.78, 5) is 18.2. The summed E-state index contributed by atoms with van der Waals surface area (Å²) >= 11 is 1.37. The molecule has 1 atom stereocenters. The molecule has 0 fully saturated rings. The minimum Gasteiger partial charge on any atom is -0.307 e. The number of amidine groups is 1. The van der Waals surface area contributed by atoms with Crippen molar-refractivity contribution >= 4 is 34.3 Å². The maximum absolute atomic E-state index is 14.2. The molecule has 1 N–H and O–H groups in total. The first-order valence-corrected chi connectivity index (χ1v) is 8.25. The van der Waals surface area contributed by atoms with E-state index in [1.807, 2.05) is 13.0 Å². The predicted octanol–water partition coefficient (Wildman–Crippen LogP) is 4.49. The van der Waals surface area contributed by atoms with Crippen LogP contribution >= 0.6 is 11.8 Å². The van der Waals surface area contributed by atoms with Gasteiger partial charge in [-0.1, -0.05) is 36.9 Å². The van der Waals surface area contributed by atoms with Gasteiger partial charge in [0.2, 0.25) is 0 Å². The summed E-state index contributed by atoms with van der Waals surface area (Å²) in [5.74, 6) is -1.52. The molecule has 0 spiro atoms. The molecule has 2 aromatic rings. The van der Waals surface area contributed by atoms with Gasteiger partial charge in [-0.2, -0.15) is 0 Å². The molecule has 1 heterocycles. The third-order valence-electron chi connectivity index (χ3n) is 3.36. The van der Waals surface area contributed by atoms with Gasteiger partial charge in [0.25, 0.3) is 0 Å². The molecule has 0 aromatic heterocycles. The molecule has 24 heavy (non-hydrogen) atoms. The molecule has 0 radical (unpaired) electrons. The maximum atomic E-state index is 14.2. The molecule has 0 aliphatic carbocycles. The number of aliphatic imine (C=N–C) groups is 1. The van der Waals surface area contributed by atoms with E-state index in [9.17, 15) is 13.6 Å². The summed E-state index contributed by atoms with van der Waals surface area (Å²) < 4.78 is 27.4. The third kappa shape index (κ3) is 3.56. The maximum Gasteiger partial charge on any atom is 0.332 e. The van der Waals surface area contributed by atoms with Crippen molar-refractivity contribution in [2.75, 3.05) is 16.8 Å². The van der Waals surface area contributed by atoms with Crippen molar-refractivity contribution in [1.29, 1.82) is 0 Å². The normalized spacial score (nSPS) is 16.6. The van der Waals surface area contributed by atoms with E-state index in [1.54, 1.807) is 24.3 Å². The number of rotatable bonds is 2. The van der Waals surface area contributed by atoms with Gasteiger partial charge >= 0.3 is 6.03 Å². The summed E-state index contributed by atoms with van der Waals surface area (Å²) in [6, 6.07) is 11.4. The Labute approximate surface area is 142 Å². The Bertz CT molecular complexity index is 783. The quantitative estimate of drug-likeness (QED) is 0.870. The average molecular weight is 347 g/mol. The summed E-state index contributed by atoms with van der Waals surface area (Å²) in [6.45, 7) is 2.51. The van der Waals surface area contributed by atoms with Gasteiger partial charge in [0.05, 0.1) is 12.2 Å². The van der Waals surface area contributed by atoms with Gasteiger partial charge in [-0.15, -0.1) is 0 Å². The second-order valence-corrected chi connectivity index (χ2v) is 6.68. The number of carbonyl (C=O) groups is 1. The second kappa shape index (κ2) is 7.00. The number of thioether (sulfide) groups is 1. The van der Waals surface area contributed by atoms with Gasteiger partial charge in [-0.05, 0) is 24.3 Å². The first-order chi connectivity index (χ1) is 11.5. The lowest BCUT2D eigenvalue weighted by atomic mass is 10.2. The van der Waals surface area contributed by atoms with Crippen LogP contribution in [0.5, 0.6) is 0 Å². The molecule has 124 valence electrons. The molecule has 4 nitrogen and oxygen atoms in total. The molecular formula is C17H15F2N3OS. The van der Waals surface area contributed by atoms with Crippen LogP contribution in [0.2, 0.25) is 0 Å². The molecule has 7 heteroatoms. The minimum absolute atomic E-state index is 0.0369. The minimum atomic E-state index is -0.818. The van der Waals surface area contributed by atoms with Gasteiger partial charge < -0.3 is 5.32 Å². The fourth-order valence-corrected chi connectivity index (χ4v) is 3.19. The highest BCUT2D eigenvalue weighted by molar-refractivity contribution is 8.15. The van der Waals surface area contributed by atoms with Gasteiger partial charge in [0.15, 0.2) is 5.17 Å². The van der Waals surface area contributed by atoms with E-state index in [-0.39, 0.29) is 10.9 Å². The van der Waals surface area contributed by atoms with Crippen LogP contribution in [0.1, 0.15) is 6.92 Å². The molecule has 0 unspecified atom stereocenters. The molecule has 0 saturated heterocycles. The number of hydrogen-bond acceptors (Lipinski definition) is 3. The van der Waals surface area contributed by atoms with Crippen molar-refractivity contribution in [3.8, 4) is 0 Å². The SMILES string of the molecule is C[C@H]1CN=C(N(C(=O)Nc2ccccc2)c2ccc(F)cc2F)S1. The Balaban J connectivity index is 1.94. The summed E-state index contributed by atoms with van der Waals surface area (Å²) in [5.41, 5.74) is 0.539.